The summed E-state index contributed by atoms with van der Waals surface area (Å²) in [6.45, 7) is 7.58. The van der Waals surface area contributed by atoms with Gasteiger partial charge in [-0.15, -0.1) is 0 Å². The first-order valence-electron chi connectivity index (χ1n) is 6.92. The molecule has 98 valence electrons. The molecule has 0 aliphatic carbocycles. The fraction of sp³-hybridized carbons (Fsp3) is 0.562. The first kappa shape index (κ1) is 13.3. The molecule has 0 bridgehead atoms. The summed E-state index contributed by atoms with van der Waals surface area (Å²) >= 11 is 0. The zero-order chi connectivity index (χ0) is 13.1. The van der Waals surface area contributed by atoms with Crippen molar-refractivity contribution in [3.05, 3.63) is 35.9 Å². The molecule has 0 N–H and O–H groups in total. The molecular formula is C16H23NO. The molecule has 18 heavy (non-hydrogen) atoms. The summed E-state index contributed by atoms with van der Waals surface area (Å²) in [6, 6.07) is 11.4. The lowest BCUT2D eigenvalue weighted by Gasteiger charge is -2.41. The predicted octanol–water partition coefficient (Wildman–Crippen LogP) is 3.44. The van der Waals surface area contributed by atoms with Gasteiger partial charge in [-0.1, -0.05) is 44.2 Å². The van der Waals surface area contributed by atoms with Crippen LogP contribution in [0.25, 0.3) is 0 Å². The molecule has 2 nitrogen and oxygen atoms in total. The van der Waals surface area contributed by atoms with Crippen molar-refractivity contribution in [2.45, 2.75) is 45.7 Å². The summed E-state index contributed by atoms with van der Waals surface area (Å²) in [5.41, 5.74) is 1.34. The van der Waals surface area contributed by atoms with Crippen LogP contribution in [0.1, 0.15) is 45.2 Å². The van der Waals surface area contributed by atoms with E-state index in [9.17, 15) is 4.79 Å². The third-order valence-electron chi connectivity index (χ3n) is 4.06. The molecule has 0 spiro atoms. The van der Waals surface area contributed by atoms with Crippen molar-refractivity contribution >= 4 is 5.78 Å². The highest BCUT2D eigenvalue weighted by Gasteiger charge is 2.32. The standard InChI is InChI=1S/C16H23NO/c1-12(2)16-11-15(18)9-10-17(16)13(3)14-7-5-4-6-8-14/h4-8,12-13,16H,9-11H2,1-3H3/t13-,16+/m1/s1. The number of hydrogen-bond donors (Lipinski definition) is 0. The Labute approximate surface area is 110 Å². The van der Waals surface area contributed by atoms with E-state index in [4.69, 9.17) is 0 Å². The van der Waals surface area contributed by atoms with Crippen LogP contribution in [0.5, 0.6) is 0 Å². The molecular weight excluding hydrogens is 222 g/mol. The van der Waals surface area contributed by atoms with Gasteiger partial charge in [-0.25, -0.2) is 0 Å². The SMILES string of the molecule is CC(C)[C@@H]1CC(=O)CCN1[C@H](C)c1ccccc1. The Balaban J connectivity index is 2.17. The normalized spacial score (nSPS) is 23.3. The van der Waals surface area contributed by atoms with Gasteiger partial charge in [-0.05, 0) is 18.4 Å². The van der Waals surface area contributed by atoms with Gasteiger partial charge in [0.05, 0.1) is 0 Å². The topological polar surface area (TPSA) is 20.3 Å². The number of piperidine rings is 1. The van der Waals surface area contributed by atoms with Crippen molar-refractivity contribution in [3.8, 4) is 0 Å². The number of likely N-dealkylation sites (tertiary alicyclic amines) is 1. The van der Waals surface area contributed by atoms with Crippen molar-refractivity contribution in [2.75, 3.05) is 6.54 Å². The Morgan fingerprint density at radius 2 is 1.83 bits per heavy atom. The number of benzene rings is 1. The Hall–Kier alpha value is -1.15. The monoisotopic (exact) mass is 245 g/mol. The molecule has 1 saturated heterocycles. The molecule has 0 amide bonds. The van der Waals surface area contributed by atoms with E-state index in [-0.39, 0.29) is 0 Å². The Morgan fingerprint density at radius 3 is 2.44 bits per heavy atom. The maximum absolute atomic E-state index is 11.7. The van der Waals surface area contributed by atoms with E-state index in [1.54, 1.807) is 0 Å². The quantitative estimate of drug-likeness (QED) is 0.813. The van der Waals surface area contributed by atoms with Gasteiger partial charge in [-0.3, -0.25) is 9.69 Å². The van der Waals surface area contributed by atoms with Crippen LogP contribution in [0, 0.1) is 5.92 Å². The number of carbonyl (C=O) groups excluding carboxylic acids is 1. The van der Waals surface area contributed by atoms with Crippen LogP contribution in [0.2, 0.25) is 0 Å². The van der Waals surface area contributed by atoms with Crippen LogP contribution >= 0.6 is 0 Å². The number of carbonyl (C=O) groups is 1. The minimum absolute atomic E-state index is 0.390. The van der Waals surface area contributed by atoms with Crippen LogP contribution in [-0.2, 0) is 4.79 Å². The molecule has 1 aromatic carbocycles. The lowest BCUT2D eigenvalue weighted by atomic mass is 9.89. The molecule has 0 unspecified atom stereocenters. The smallest absolute Gasteiger partial charge is 0.135 e. The minimum atomic E-state index is 0.390. The zero-order valence-corrected chi connectivity index (χ0v) is 11.6. The Kier molecular flexibility index (Phi) is 4.18. The third-order valence-corrected chi connectivity index (χ3v) is 4.06. The van der Waals surface area contributed by atoms with Gasteiger partial charge in [-0.2, -0.15) is 0 Å². The molecule has 0 saturated carbocycles. The molecule has 0 radical (unpaired) electrons. The van der Waals surface area contributed by atoms with Crippen molar-refractivity contribution in [1.82, 2.24) is 4.90 Å². The second-order valence-electron chi connectivity index (χ2n) is 5.63. The maximum Gasteiger partial charge on any atom is 0.135 e. The lowest BCUT2D eigenvalue weighted by Crippen LogP contribution is -2.46. The molecule has 2 rings (SSSR count). The molecule has 2 heteroatoms. The maximum atomic E-state index is 11.7. The Morgan fingerprint density at radius 1 is 1.17 bits per heavy atom. The van der Waals surface area contributed by atoms with Crippen LogP contribution in [0.4, 0.5) is 0 Å². The van der Waals surface area contributed by atoms with Gasteiger partial charge in [0.25, 0.3) is 0 Å². The van der Waals surface area contributed by atoms with Crippen molar-refractivity contribution in [1.29, 1.82) is 0 Å². The summed E-state index contributed by atoms with van der Waals surface area (Å²) < 4.78 is 0. The highest BCUT2D eigenvalue weighted by Crippen LogP contribution is 2.30. The van der Waals surface area contributed by atoms with Crippen molar-refractivity contribution < 1.29 is 4.79 Å². The van der Waals surface area contributed by atoms with Crippen LogP contribution in [-0.4, -0.2) is 23.3 Å². The third kappa shape index (κ3) is 2.81. The van der Waals surface area contributed by atoms with Crippen molar-refractivity contribution in [3.63, 3.8) is 0 Å². The predicted molar refractivity (Wildman–Crippen MR) is 74.4 cm³/mol. The second-order valence-corrected chi connectivity index (χ2v) is 5.63. The van der Waals surface area contributed by atoms with E-state index in [2.05, 4.69) is 56.0 Å². The average Bonchev–Trinajstić information content (AvgIpc) is 2.39. The van der Waals surface area contributed by atoms with Gasteiger partial charge in [0.15, 0.2) is 0 Å². The first-order chi connectivity index (χ1) is 8.59. The summed E-state index contributed by atoms with van der Waals surface area (Å²) in [5, 5.41) is 0. The number of Topliss-reactive ketones (excluding diaryl/α,β-unsaturated/α-hetero) is 1. The van der Waals surface area contributed by atoms with Gasteiger partial charge in [0, 0.05) is 31.5 Å². The molecule has 1 heterocycles. The molecule has 1 aliphatic heterocycles. The van der Waals surface area contributed by atoms with E-state index >= 15 is 0 Å². The van der Waals surface area contributed by atoms with Crippen LogP contribution < -0.4 is 0 Å². The van der Waals surface area contributed by atoms with Crippen LogP contribution in [0.15, 0.2) is 30.3 Å². The van der Waals surface area contributed by atoms with Crippen molar-refractivity contribution in [2.24, 2.45) is 5.92 Å². The number of ketones is 1. The van der Waals surface area contributed by atoms with E-state index in [0.29, 0.717) is 30.2 Å². The minimum Gasteiger partial charge on any atom is -0.300 e. The summed E-state index contributed by atoms with van der Waals surface area (Å²) in [7, 11) is 0. The first-order valence-corrected chi connectivity index (χ1v) is 6.92. The summed E-state index contributed by atoms with van der Waals surface area (Å²) in [4.78, 5) is 14.2. The second kappa shape index (κ2) is 5.66. The molecule has 0 aromatic heterocycles. The average molecular weight is 245 g/mol. The number of hydrogen-bond acceptors (Lipinski definition) is 2. The Bertz CT molecular complexity index is 399. The summed E-state index contributed by atoms with van der Waals surface area (Å²) in [5.74, 6) is 0.950. The molecule has 1 aromatic rings. The highest BCUT2D eigenvalue weighted by atomic mass is 16.1. The molecule has 1 aliphatic rings. The fourth-order valence-corrected chi connectivity index (χ4v) is 2.89. The van der Waals surface area contributed by atoms with E-state index in [1.807, 2.05) is 0 Å². The molecule has 1 fully saturated rings. The van der Waals surface area contributed by atoms with E-state index in [1.165, 1.54) is 5.56 Å². The summed E-state index contributed by atoms with van der Waals surface area (Å²) in [6.07, 6.45) is 1.43. The van der Waals surface area contributed by atoms with Gasteiger partial charge in [0.2, 0.25) is 0 Å². The largest absolute Gasteiger partial charge is 0.300 e. The number of rotatable bonds is 3. The number of nitrogens with zero attached hydrogens (tertiary/aromatic N) is 1. The lowest BCUT2D eigenvalue weighted by molar-refractivity contribution is -0.124. The van der Waals surface area contributed by atoms with E-state index < -0.39 is 0 Å². The fourth-order valence-electron chi connectivity index (χ4n) is 2.89. The highest BCUT2D eigenvalue weighted by molar-refractivity contribution is 5.80. The van der Waals surface area contributed by atoms with Crippen LogP contribution in [0.3, 0.4) is 0 Å². The van der Waals surface area contributed by atoms with Gasteiger partial charge in [0.1, 0.15) is 5.78 Å². The van der Waals surface area contributed by atoms with Gasteiger partial charge < -0.3 is 0 Å². The van der Waals surface area contributed by atoms with Gasteiger partial charge >= 0.3 is 0 Å². The zero-order valence-electron chi connectivity index (χ0n) is 11.6. The van der Waals surface area contributed by atoms with E-state index in [0.717, 1.165) is 13.0 Å². The molecule has 2 atom stereocenters.